The zero-order valence-electron chi connectivity index (χ0n) is 11.0. The standard InChI is InChI=1S/C10H15F3N4O3S/c11-10(12,13)3-5-21(19,20)17-4-1-2-9(18,7-17)8-6-14-16-15-8/h6,18H,1-5,7H2,(H,14,15,16). The van der Waals surface area contributed by atoms with Crippen LogP contribution in [0.3, 0.4) is 0 Å². The first-order chi connectivity index (χ1) is 9.62. The smallest absolute Gasteiger partial charge is 0.382 e. The fraction of sp³-hybridized carbons (Fsp3) is 0.800. The summed E-state index contributed by atoms with van der Waals surface area (Å²) in [6, 6.07) is 0. The highest BCUT2D eigenvalue weighted by Crippen LogP contribution is 2.31. The SMILES string of the molecule is O=S(=O)(CCC(F)(F)F)N1CCCC(O)(c2cn[nH]n2)C1. The molecule has 21 heavy (non-hydrogen) atoms. The highest BCUT2D eigenvalue weighted by Gasteiger charge is 2.42. The van der Waals surface area contributed by atoms with Crippen LogP contribution in [0.15, 0.2) is 6.20 Å². The second-order valence-corrected chi connectivity index (χ2v) is 7.09. The number of nitrogens with zero attached hydrogens (tertiary/aromatic N) is 3. The van der Waals surface area contributed by atoms with Crippen LogP contribution in [0.1, 0.15) is 25.0 Å². The van der Waals surface area contributed by atoms with Crippen LogP contribution in [0.4, 0.5) is 13.2 Å². The van der Waals surface area contributed by atoms with Crippen molar-refractivity contribution in [1.82, 2.24) is 19.7 Å². The molecule has 1 fully saturated rings. The van der Waals surface area contributed by atoms with Crippen molar-refractivity contribution >= 4 is 10.0 Å². The van der Waals surface area contributed by atoms with Gasteiger partial charge in [0.25, 0.3) is 0 Å². The van der Waals surface area contributed by atoms with Crippen molar-refractivity contribution in [2.75, 3.05) is 18.8 Å². The van der Waals surface area contributed by atoms with Crippen LogP contribution in [0, 0.1) is 0 Å². The number of β-amino-alcohol motifs (C(OH)–C–C–N with tert-alkyl or cyclic N) is 1. The lowest BCUT2D eigenvalue weighted by molar-refractivity contribution is -0.130. The molecule has 1 aromatic heterocycles. The first-order valence-corrected chi connectivity index (χ1v) is 7.87. The summed E-state index contributed by atoms with van der Waals surface area (Å²) in [5.74, 6) is -1.02. The number of halogens is 3. The van der Waals surface area contributed by atoms with Crippen molar-refractivity contribution in [1.29, 1.82) is 0 Å². The summed E-state index contributed by atoms with van der Waals surface area (Å²) >= 11 is 0. The minimum absolute atomic E-state index is 0.0837. The number of aromatic nitrogens is 3. The molecule has 1 aliphatic heterocycles. The Kier molecular flexibility index (Phi) is 4.26. The van der Waals surface area contributed by atoms with Crippen molar-refractivity contribution in [3.05, 3.63) is 11.9 Å². The van der Waals surface area contributed by atoms with Crippen LogP contribution in [0.5, 0.6) is 0 Å². The van der Waals surface area contributed by atoms with E-state index in [1.54, 1.807) is 0 Å². The molecule has 1 unspecified atom stereocenters. The van der Waals surface area contributed by atoms with E-state index in [9.17, 15) is 26.7 Å². The molecule has 0 aliphatic carbocycles. The first kappa shape index (κ1) is 16.2. The average Bonchev–Trinajstić information content (AvgIpc) is 2.90. The number of H-pyrrole nitrogens is 1. The first-order valence-electron chi connectivity index (χ1n) is 6.26. The molecule has 11 heteroatoms. The molecule has 2 rings (SSSR count). The van der Waals surface area contributed by atoms with Crippen LogP contribution in [0.2, 0.25) is 0 Å². The van der Waals surface area contributed by atoms with E-state index in [0.717, 1.165) is 4.31 Å². The zero-order chi connectivity index (χ0) is 15.7. The lowest BCUT2D eigenvalue weighted by atomic mass is 9.91. The van der Waals surface area contributed by atoms with Gasteiger partial charge in [-0.15, -0.1) is 0 Å². The second-order valence-electron chi connectivity index (χ2n) is 5.01. The van der Waals surface area contributed by atoms with Crippen molar-refractivity contribution in [3.63, 3.8) is 0 Å². The number of sulfonamides is 1. The van der Waals surface area contributed by atoms with Crippen LogP contribution < -0.4 is 0 Å². The molecule has 1 saturated heterocycles. The van der Waals surface area contributed by atoms with E-state index in [1.807, 2.05) is 0 Å². The van der Waals surface area contributed by atoms with E-state index in [2.05, 4.69) is 15.4 Å². The number of piperidine rings is 1. The Bertz CT molecular complexity index is 575. The third kappa shape index (κ3) is 3.92. The molecular formula is C10H15F3N4O3S. The van der Waals surface area contributed by atoms with E-state index in [-0.39, 0.29) is 25.2 Å². The fourth-order valence-corrected chi connectivity index (χ4v) is 3.81. The minimum Gasteiger partial charge on any atom is -0.382 e. The number of rotatable bonds is 4. The van der Waals surface area contributed by atoms with Gasteiger partial charge in [-0.1, -0.05) is 0 Å². The number of hydrogen-bond acceptors (Lipinski definition) is 5. The van der Waals surface area contributed by atoms with Gasteiger partial charge in [0.15, 0.2) is 0 Å². The summed E-state index contributed by atoms with van der Waals surface area (Å²) in [4.78, 5) is 0. The molecular weight excluding hydrogens is 313 g/mol. The molecule has 2 N–H and O–H groups in total. The lowest BCUT2D eigenvalue weighted by Gasteiger charge is -2.37. The van der Waals surface area contributed by atoms with Gasteiger partial charge in [-0.05, 0) is 12.8 Å². The topological polar surface area (TPSA) is 99.2 Å². The Balaban J connectivity index is 2.10. The third-order valence-electron chi connectivity index (χ3n) is 3.36. The number of alkyl halides is 3. The lowest BCUT2D eigenvalue weighted by Crippen LogP contribution is -2.49. The second kappa shape index (κ2) is 5.54. The van der Waals surface area contributed by atoms with Crippen LogP contribution in [-0.2, 0) is 15.6 Å². The van der Waals surface area contributed by atoms with E-state index in [0.29, 0.717) is 6.42 Å². The summed E-state index contributed by atoms with van der Waals surface area (Å²) < 4.78 is 61.3. The fourth-order valence-electron chi connectivity index (χ4n) is 2.24. The quantitative estimate of drug-likeness (QED) is 0.832. The summed E-state index contributed by atoms with van der Waals surface area (Å²) in [5.41, 5.74) is -1.35. The molecule has 1 atom stereocenters. The average molecular weight is 328 g/mol. The van der Waals surface area contributed by atoms with Gasteiger partial charge < -0.3 is 5.11 Å². The summed E-state index contributed by atoms with van der Waals surface area (Å²) in [5, 5.41) is 20.0. The van der Waals surface area contributed by atoms with Gasteiger partial charge in [0.05, 0.1) is 18.4 Å². The van der Waals surface area contributed by atoms with Crippen molar-refractivity contribution in [2.45, 2.75) is 31.0 Å². The van der Waals surface area contributed by atoms with Gasteiger partial charge >= 0.3 is 6.18 Å². The minimum atomic E-state index is -4.54. The monoisotopic (exact) mass is 328 g/mol. The van der Waals surface area contributed by atoms with Gasteiger partial charge in [0, 0.05) is 13.1 Å². The Morgan fingerprint density at radius 1 is 1.48 bits per heavy atom. The molecule has 0 amide bonds. The largest absolute Gasteiger partial charge is 0.390 e. The highest BCUT2D eigenvalue weighted by atomic mass is 32.2. The highest BCUT2D eigenvalue weighted by molar-refractivity contribution is 7.89. The van der Waals surface area contributed by atoms with Gasteiger partial charge in [0.1, 0.15) is 11.3 Å². The maximum atomic E-state index is 12.2. The number of hydrogen-bond donors (Lipinski definition) is 2. The predicted octanol–water partition coefficient (Wildman–Crippen LogP) is 0.370. The number of nitrogens with one attached hydrogen (secondary N) is 1. The van der Waals surface area contributed by atoms with Gasteiger partial charge in [-0.25, -0.2) is 8.42 Å². The molecule has 0 aromatic carbocycles. The zero-order valence-corrected chi connectivity index (χ0v) is 11.8. The Morgan fingerprint density at radius 2 is 2.19 bits per heavy atom. The molecule has 0 bridgehead atoms. The summed E-state index contributed by atoms with van der Waals surface area (Å²) in [6.45, 7) is -0.236. The molecule has 120 valence electrons. The normalized spacial score (nSPS) is 25.1. The van der Waals surface area contributed by atoms with Crippen molar-refractivity contribution < 1.29 is 26.7 Å². The predicted molar refractivity (Wildman–Crippen MR) is 65.5 cm³/mol. The van der Waals surface area contributed by atoms with Crippen LogP contribution in [-0.4, -0.2) is 58.3 Å². The maximum Gasteiger partial charge on any atom is 0.390 e. The van der Waals surface area contributed by atoms with Crippen molar-refractivity contribution in [2.24, 2.45) is 0 Å². The molecule has 0 radical (unpaired) electrons. The number of aromatic amines is 1. The van der Waals surface area contributed by atoms with Gasteiger partial charge in [-0.3, -0.25) is 0 Å². The molecule has 0 saturated carbocycles. The molecule has 1 aliphatic rings. The summed E-state index contributed by atoms with van der Waals surface area (Å²) in [7, 11) is -4.08. The summed E-state index contributed by atoms with van der Waals surface area (Å²) in [6.07, 6.45) is -4.08. The Hall–Kier alpha value is -1.20. The van der Waals surface area contributed by atoms with Crippen molar-refractivity contribution in [3.8, 4) is 0 Å². The molecule has 7 nitrogen and oxygen atoms in total. The van der Waals surface area contributed by atoms with E-state index >= 15 is 0 Å². The Morgan fingerprint density at radius 3 is 2.76 bits per heavy atom. The van der Waals surface area contributed by atoms with E-state index in [1.165, 1.54) is 6.20 Å². The molecule has 1 aromatic rings. The van der Waals surface area contributed by atoms with Gasteiger partial charge in [0.2, 0.25) is 10.0 Å². The van der Waals surface area contributed by atoms with E-state index in [4.69, 9.17) is 0 Å². The number of aliphatic hydroxyl groups is 1. The molecule has 2 heterocycles. The maximum absolute atomic E-state index is 12.2. The van der Waals surface area contributed by atoms with E-state index < -0.39 is 34.0 Å². The van der Waals surface area contributed by atoms with Crippen LogP contribution >= 0.6 is 0 Å². The Labute approximate surface area is 119 Å². The third-order valence-corrected chi connectivity index (χ3v) is 5.18. The molecule has 0 spiro atoms. The van der Waals surface area contributed by atoms with Gasteiger partial charge in [-0.2, -0.15) is 32.9 Å². The van der Waals surface area contributed by atoms with Crippen LogP contribution in [0.25, 0.3) is 0 Å².